The predicted octanol–water partition coefficient (Wildman–Crippen LogP) is 3.27. The molecule has 0 bridgehead atoms. The molecule has 1 saturated heterocycles. The number of primary amides is 1. The van der Waals surface area contributed by atoms with Gasteiger partial charge in [-0.25, -0.2) is 4.39 Å². The molecule has 6 nitrogen and oxygen atoms in total. The van der Waals surface area contributed by atoms with Gasteiger partial charge >= 0.3 is 6.18 Å². The van der Waals surface area contributed by atoms with Crippen LogP contribution < -0.4 is 10.6 Å². The molecule has 1 unspecified atom stereocenters. The summed E-state index contributed by atoms with van der Waals surface area (Å²) in [5.41, 5.74) is 1.00. The van der Waals surface area contributed by atoms with E-state index in [-0.39, 0.29) is 36.5 Å². The van der Waals surface area contributed by atoms with Crippen LogP contribution in [0.25, 0.3) is 0 Å². The molecule has 2 aromatic carbocycles. The maximum Gasteiger partial charge on any atom is 0.416 e. The highest BCUT2D eigenvalue weighted by molar-refractivity contribution is 6.30. The molecule has 0 spiro atoms. The quantitative estimate of drug-likeness (QED) is 0.498. The number of ketones is 1. The summed E-state index contributed by atoms with van der Waals surface area (Å²) in [5.74, 6) is -3.73. The molecule has 0 aliphatic carbocycles. The van der Waals surface area contributed by atoms with Crippen LogP contribution >= 0.6 is 11.6 Å². The highest BCUT2D eigenvalue weighted by Crippen LogP contribution is 2.36. The summed E-state index contributed by atoms with van der Waals surface area (Å²) >= 11 is 5.76. The number of carbonyl (C=O) groups is 3. The monoisotopic (exact) mass is 472 g/mol. The van der Waals surface area contributed by atoms with E-state index < -0.39 is 46.3 Å². The van der Waals surface area contributed by atoms with Crippen molar-refractivity contribution in [3.8, 4) is 0 Å². The van der Waals surface area contributed by atoms with Crippen molar-refractivity contribution in [3.63, 3.8) is 0 Å². The standard InChI is InChI=1S/C21H17ClF4N2O4/c22-14-5-11(6-15(23)10-14)1-2-17(29)20(32)3-4-28(19(20)31)16-8-12(18(27)30)7-13(9-16)21(24,25)26/h5-10,32H,1-4H2,(H2,27,30). The number of hydrogen-bond donors (Lipinski definition) is 2. The van der Waals surface area contributed by atoms with E-state index >= 15 is 0 Å². The Hall–Kier alpha value is -2.98. The summed E-state index contributed by atoms with van der Waals surface area (Å²) in [7, 11) is 0. The SMILES string of the molecule is NC(=O)c1cc(N2CCC(O)(C(=O)CCc3cc(F)cc(Cl)c3)C2=O)cc(C(F)(F)F)c1. The molecule has 1 atom stereocenters. The fraction of sp³-hybridized carbons (Fsp3) is 0.286. The Kier molecular flexibility index (Phi) is 6.30. The first kappa shape index (κ1) is 23.7. The van der Waals surface area contributed by atoms with Gasteiger partial charge in [-0.3, -0.25) is 14.4 Å². The zero-order chi connectivity index (χ0) is 23.8. The lowest BCUT2D eigenvalue weighted by Gasteiger charge is -2.22. The first-order chi connectivity index (χ1) is 14.8. The molecule has 1 aliphatic rings. The summed E-state index contributed by atoms with van der Waals surface area (Å²) < 4.78 is 53.0. The minimum Gasteiger partial charge on any atom is -0.373 e. The van der Waals surface area contributed by atoms with Crippen LogP contribution in [0.3, 0.4) is 0 Å². The van der Waals surface area contributed by atoms with Crippen LogP contribution in [0.2, 0.25) is 5.02 Å². The number of amides is 2. The average molecular weight is 473 g/mol. The van der Waals surface area contributed by atoms with Crippen LogP contribution in [0.15, 0.2) is 36.4 Å². The van der Waals surface area contributed by atoms with Gasteiger partial charge in [-0.15, -0.1) is 0 Å². The Morgan fingerprint density at radius 1 is 1.16 bits per heavy atom. The molecule has 1 fully saturated rings. The van der Waals surface area contributed by atoms with Crippen molar-refractivity contribution in [1.82, 2.24) is 0 Å². The Balaban J connectivity index is 1.83. The van der Waals surface area contributed by atoms with Crippen LogP contribution in [0, 0.1) is 5.82 Å². The minimum atomic E-state index is -4.82. The van der Waals surface area contributed by atoms with Gasteiger partial charge in [0.25, 0.3) is 5.91 Å². The van der Waals surface area contributed by atoms with E-state index in [0.717, 1.165) is 23.1 Å². The number of anilines is 1. The molecule has 3 N–H and O–H groups in total. The molecule has 11 heteroatoms. The van der Waals surface area contributed by atoms with E-state index in [1.54, 1.807) is 0 Å². The molecule has 1 heterocycles. The zero-order valence-corrected chi connectivity index (χ0v) is 17.1. The van der Waals surface area contributed by atoms with E-state index in [2.05, 4.69) is 0 Å². The van der Waals surface area contributed by atoms with Crippen molar-refractivity contribution in [2.45, 2.75) is 31.0 Å². The topological polar surface area (TPSA) is 101 Å². The number of halogens is 5. The van der Waals surface area contributed by atoms with Crippen molar-refractivity contribution in [1.29, 1.82) is 0 Å². The fourth-order valence-corrected chi connectivity index (χ4v) is 3.75. The van der Waals surface area contributed by atoms with Crippen LogP contribution in [-0.4, -0.2) is 34.8 Å². The largest absolute Gasteiger partial charge is 0.416 e. The minimum absolute atomic E-state index is 0.0126. The Bertz CT molecular complexity index is 1090. The number of rotatable bonds is 6. The van der Waals surface area contributed by atoms with Gasteiger partial charge in [-0.05, 0) is 48.4 Å². The number of nitrogens with zero attached hydrogens (tertiary/aromatic N) is 1. The Labute approximate surface area is 184 Å². The van der Waals surface area contributed by atoms with Crippen molar-refractivity contribution in [3.05, 3.63) is 63.9 Å². The lowest BCUT2D eigenvalue weighted by molar-refractivity contribution is -0.147. The van der Waals surface area contributed by atoms with Gasteiger partial charge in [0.1, 0.15) is 5.82 Å². The lowest BCUT2D eigenvalue weighted by Crippen LogP contribution is -2.47. The van der Waals surface area contributed by atoms with Crippen LogP contribution in [0.4, 0.5) is 23.2 Å². The number of hydrogen-bond acceptors (Lipinski definition) is 4. The zero-order valence-electron chi connectivity index (χ0n) is 16.4. The number of aliphatic hydroxyl groups is 1. The lowest BCUT2D eigenvalue weighted by atomic mass is 9.92. The molecule has 1 aliphatic heterocycles. The molecule has 0 saturated carbocycles. The predicted molar refractivity (Wildman–Crippen MR) is 107 cm³/mol. The molecule has 0 aromatic heterocycles. The second-order valence-corrected chi connectivity index (χ2v) is 7.83. The third kappa shape index (κ3) is 4.76. The van der Waals surface area contributed by atoms with E-state index in [1.807, 2.05) is 0 Å². The Morgan fingerprint density at radius 2 is 1.84 bits per heavy atom. The van der Waals surface area contributed by atoms with Gasteiger partial charge < -0.3 is 15.7 Å². The third-order valence-corrected chi connectivity index (χ3v) is 5.38. The highest BCUT2D eigenvalue weighted by atomic mass is 35.5. The van der Waals surface area contributed by atoms with Crippen molar-refractivity contribution in [2.24, 2.45) is 5.73 Å². The second-order valence-electron chi connectivity index (χ2n) is 7.40. The smallest absolute Gasteiger partial charge is 0.373 e. The van der Waals surface area contributed by atoms with Crippen LogP contribution in [-0.2, 0) is 22.2 Å². The molecule has 0 radical (unpaired) electrons. The summed E-state index contributed by atoms with van der Waals surface area (Å²) in [6, 6.07) is 5.83. The Morgan fingerprint density at radius 3 is 2.44 bits per heavy atom. The van der Waals surface area contributed by atoms with Crippen LogP contribution in [0.5, 0.6) is 0 Å². The van der Waals surface area contributed by atoms with E-state index in [4.69, 9.17) is 17.3 Å². The maximum atomic E-state index is 13.4. The van der Waals surface area contributed by atoms with Gasteiger partial charge in [0.2, 0.25) is 11.5 Å². The van der Waals surface area contributed by atoms with Crippen molar-refractivity contribution < 1.29 is 37.1 Å². The number of benzene rings is 2. The molecule has 170 valence electrons. The number of aryl methyl sites for hydroxylation is 1. The highest BCUT2D eigenvalue weighted by Gasteiger charge is 2.51. The van der Waals surface area contributed by atoms with Gasteiger partial charge in [-0.1, -0.05) is 11.6 Å². The van der Waals surface area contributed by atoms with Crippen molar-refractivity contribution in [2.75, 3.05) is 11.4 Å². The van der Waals surface area contributed by atoms with Crippen molar-refractivity contribution >= 4 is 34.9 Å². The average Bonchev–Trinajstić information content (AvgIpc) is 3.00. The maximum absolute atomic E-state index is 13.4. The fourth-order valence-electron chi connectivity index (χ4n) is 3.50. The molecule has 3 rings (SSSR count). The molecule has 32 heavy (non-hydrogen) atoms. The summed E-state index contributed by atoms with van der Waals surface area (Å²) in [5, 5.41) is 10.8. The van der Waals surface area contributed by atoms with E-state index in [9.17, 15) is 37.1 Å². The normalized spacial score (nSPS) is 18.8. The second kappa shape index (κ2) is 8.51. The molecule has 2 aromatic rings. The molecular weight excluding hydrogens is 456 g/mol. The number of alkyl halides is 3. The number of carbonyl (C=O) groups excluding carboxylic acids is 3. The first-order valence-corrected chi connectivity index (χ1v) is 9.74. The van der Waals surface area contributed by atoms with Gasteiger partial charge in [0, 0.05) is 35.7 Å². The van der Waals surface area contributed by atoms with E-state index in [1.165, 1.54) is 6.07 Å². The van der Waals surface area contributed by atoms with E-state index in [0.29, 0.717) is 17.7 Å². The summed E-state index contributed by atoms with van der Waals surface area (Å²) in [6.45, 7) is -0.258. The number of Topliss-reactive ketones (excluding diaryl/α,β-unsaturated/α-hetero) is 1. The molecule has 2 amide bonds. The number of nitrogens with two attached hydrogens (primary N) is 1. The van der Waals surface area contributed by atoms with Gasteiger partial charge in [0.05, 0.1) is 5.56 Å². The third-order valence-electron chi connectivity index (χ3n) is 5.16. The summed E-state index contributed by atoms with van der Waals surface area (Å²) in [4.78, 5) is 37.7. The summed E-state index contributed by atoms with van der Waals surface area (Å²) in [6.07, 6.45) is -5.52. The van der Waals surface area contributed by atoms with Gasteiger partial charge in [-0.2, -0.15) is 13.2 Å². The first-order valence-electron chi connectivity index (χ1n) is 9.36. The van der Waals surface area contributed by atoms with Crippen LogP contribution in [0.1, 0.15) is 34.3 Å². The van der Waals surface area contributed by atoms with Gasteiger partial charge in [0.15, 0.2) is 5.78 Å². The molecular formula is C21H17ClF4N2O4.